The average molecular weight is 306 g/mol. The highest BCUT2D eigenvalue weighted by Gasteiger charge is 2.14. The van der Waals surface area contributed by atoms with Gasteiger partial charge < -0.3 is 0 Å². The van der Waals surface area contributed by atoms with Crippen LogP contribution in [0, 0.1) is 5.92 Å². The number of unbranched alkanes of at least 4 members (excludes halogenated alkanes) is 6. The lowest BCUT2D eigenvalue weighted by molar-refractivity contribution is 0.395. The summed E-state index contributed by atoms with van der Waals surface area (Å²) >= 11 is 0. The summed E-state index contributed by atoms with van der Waals surface area (Å²) in [6, 6.07) is 0. The van der Waals surface area contributed by atoms with E-state index in [-0.39, 0.29) is 5.75 Å². The van der Waals surface area contributed by atoms with Crippen LogP contribution in [0.1, 0.15) is 84.5 Å². The van der Waals surface area contributed by atoms with Crippen molar-refractivity contribution in [2.24, 2.45) is 5.92 Å². The second-order valence-electron chi connectivity index (χ2n) is 5.88. The van der Waals surface area contributed by atoms with Crippen molar-refractivity contribution in [1.29, 1.82) is 0 Å². The predicted octanol–water partition coefficient (Wildman–Crippen LogP) is 4.48. The molecule has 0 aliphatic heterocycles. The van der Waals surface area contributed by atoms with E-state index in [4.69, 9.17) is 0 Å². The van der Waals surface area contributed by atoms with Crippen LogP contribution in [0.25, 0.3) is 0 Å². The summed E-state index contributed by atoms with van der Waals surface area (Å²) in [7, 11) is -1.53. The minimum absolute atomic E-state index is 0.287. The molecule has 0 fully saturated rings. The van der Waals surface area contributed by atoms with E-state index in [2.05, 4.69) is 18.6 Å². The van der Waals surface area contributed by atoms with Crippen molar-refractivity contribution < 1.29 is 8.42 Å². The molecule has 0 bridgehead atoms. The van der Waals surface area contributed by atoms with E-state index in [1.807, 2.05) is 0 Å². The van der Waals surface area contributed by atoms with Gasteiger partial charge in [-0.25, -0.2) is 13.1 Å². The van der Waals surface area contributed by atoms with Gasteiger partial charge in [-0.3, -0.25) is 0 Å². The fraction of sp³-hybridized carbons (Fsp3) is 1.00. The zero-order chi connectivity index (χ0) is 15.3. The normalized spacial score (nSPS) is 12.2. The molecule has 0 saturated heterocycles. The minimum atomic E-state index is -3.04. The zero-order valence-corrected chi connectivity index (χ0v) is 14.6. The van der Waals surface area contributed by atoms with Crippen LogP contribution in [0.4, 0.5) is 0 Å². The Balaban J connectivity index is 4.03. The van der Waals surface area contributed by atoms with Gasteiger partial charge in [0.1, 0.15) is 0 Å². The number of rotatable bonds is 14. The fourth-order valence-corrected chi connectivity index (χ4v) is 3.42. The standard InChI is InChI=1S/C16H35NO2S/c1-4-6-8-10-12-16(13-11-9-7-5-2)14-15-20(18,19)17-3/h16-17H,4-15H2,1-3H3. The van der Waals surface area contributed by atoms with Gasteiger partial charge in [0.25, 0.3) is 0 Å². The Hall–Kier alpha value is -0.0900. The van der Waals surface area contributed by atoms with Crippen LogP contribution in [-0.2, 0) is 10.0 Å². The first-order valence-electron chi connectivity index (χ1n) is 8.47. The molecule has 0 atom stereocenters. The van der Waals surface area contributed by atoms with Crippen LogP contribution < -0.4 is 4.72 Å². The lowest BCUT2D eigenvalue weighted by atomic mass is 9.92. The van der Waals surface area contributed by atoms with Crippen LogP contribution >= 0.6 is 0 Å². The van der Waals surface area contributed by atoms with Crippen molar-refractivity contribution in [2.75, 3.05) is 12.8 Å². The molecule has 0 aromatic carbocycles. The molecule has 122 valence electrons. The quantitative estimate of drug-likeness (QED) is 0.481. The van der Waals surface area contributed by atoms with Gasteiger partial charge >= 0.3 is 0 Å². The van der Waals surface area contributed by atoms with Gasteiger partial charge in [0.05, 0.1) is 5.75 Å². The largest absolute Gasteiger partial charge is 0.218 e. The Labute approximate surface area is 127 Å². The maximum absolute atomic E-state index is 11.5. The average Bonchev–Trinajstić information content (AvgIpc) is 2.44. The molecule has 0 unspecified atom stereocenters. The van der Waals surface area contributed by atoms with Crippen LogP contribution in [0.2, 0.25) is 0 Å². The monoisotopic (exact) mass is 305 g/mol. The fourth-order valence-electron chi connectivity index (χ4n) is 2.58. The highest BCUT2D eigenvalue weighted by atomic mass is 32.2. The van der Waals surface area contributed by atoms with Gasteiger partial charge in [-0.05, 0) is 19.4 Å². The highest BCUT2D eigenvalue weighted by molar-refractivity contribution is 7.89. The van der Waals surface area contributed by atoms with Crippen molar-refractivity contribution in [1.82, 2.24) is 4.72 Å². The molecule has 0 radical (unpaired) electrons. The Morgan fingerprint density at radius 2 is 1.30 bits per heavy atom. The van der Waals surface area contributed by atoms with Crippen LogP contribution in [0.5, 0.6) is 0 Å². The van der Waals surface area contributed by atoms with Gasteiger partial charge in [-0.15, -0.1) is 0 Å². The summed E-state index contributed by atoms with van der Waals surface area (Å²) in [4.78, 5) is 0. The zero-order valence-electron chi connectivity index (χ0n) is 13.8. The molecule has 0 spiro atoms. The first-order valence-corrected chi connectivity index (χ1v) is 10.1. The molecule has 20 heavy (non-hydrogen) atoms. The summed E-state index contributed by atoms with van der Waals surface area (Å²) in [5, 5.41) is 0. The topological polar surface area (TPSA) is 46.2 Å². The molecule has 1 N–H and O–H groups in total. The summed E-state index contributed by atoms with van der Waals surface area (Å²) in [6.07, 6.45) is 13.4. The molecule has 0 aromatic rings. The van der Waals surface area contributed by atoms with Crippen molar-refractivity contribution in [2.45, 2.75) is 84.5 Å². The Bertz CT molecular complexity index is 290. The molecule has 0 rings (SSSR count). The van der Waals surface area contributed by atoms with Crippen molar-refractivity contribution in [3.8, 4) is 0 Å². The number of nitrogens with one attached hydrogen (secondary N) is 1. The van der Waals surface area contributed by atoms with Gasteiger partial charge in [0.15, 0.2) is 0 Å². The molecule has 0 aromatic heterocycles. The van der Waals surface area contributed by atoms with Crippen LogP contribution in [0.3, 0.4) is 0 Å². The summed E-state index contributed by atoms with van der Waals surface area (Å²) in [5.41, 5.74) is 0. The number of sulfonamides is 1. The van der Waals surface area contributed by atoms with Crippen LogP contribution in [-0.4, -0.2) is 21.2 Å². The van der Waals surface area contributed by atoms with Gasteiger partial charge in [-0.1, -0.05) is 78.1 Å². The Morgan fingerprint density at radius 3 is 1.70 bits per heavy atom. The summed E-state index contributed by atoms with van der Waals surface area (Å²) in [5.74, 6) is 0.877. The highest BCUT2D eigenvalue weighted by Crippen LogP contribution is 2.22. The molecule has 4 heteroatoms. The van der Waals surface area contributed by atoms with E-state index in [1.165, 1.54) is 71.3 Å². The lowest BCUT2D eigenvalue weighted by Crippen LogP contribution is -2.23. The first-order chi connectivity index (χ1) is 9.55. The van der Waals surface area contributed by atoms with Gasteiger partial charge in [0.2, 0.25) is 10.0 Å². The molecule has 0 aliphatic carbocycles. The van der Waals surface area contributed by atoms with Gasteiger partial charge in [0, 0.05) is 0 Å². The molecular formula is C16H35NO2S. The predicted molar refractivity (Wildman–Crippen MR) is 88.5 cm³/mol. The van der Waals surface area contributed by atoms with Crippen molar-refractivity contribution in [3.05, 3.63) is 0 Å². The lowest BCUT2D eigenvalue weighted by Gasteiger charge is -2.16. The third kappa shape index (κ3) is 11.7. The summed E-state index contributed by atoms with van der Waals surface area (Å²) in [6.45, 7) is 4.45. The molecule has 0 heterocycles. The molecular weight excluding hydrogens is 270 g/mol. The SMILES string of the molecule is CCCCCCC(CCCCCC)CCS(=O)(=O)NC. The second kappa shape index (κ2) is 12.6. The van der Waals surface area contributed by atoms with E-state index >= 15 is 0 Å². The summed E-state index contributed by atoms with van der Waals surface area (Å²) < 4.78 is 25.5. The smallest absolute Gasteiger partial charge is 0.211 e. The van der Waals surface area contributed by atoms with E-state index in [0.717, 1.165) is 6.42 Å². The number of hydrogen-bond acceptors (Lipinski definition) is 2. The Morgan fingerprint density at radius 1 is 0.800 bits per heavy atom. The third-order valence-electron chi connectivity index (χ3n) is 4.04. The van der Waals surface area contributed by atoms with E-state index in [9.17, 15) is 8.42 Å². The molecule has 0 saturated carbocycles. The van der Waals surface area contributed by atoms with Gasteiger partial charge in [-0.2, -0.15) is 0 Å². The maximum atomic E-state index is 11.5. The van der Waals surface area contributed by atoms with Crippen molar-refractivity contribution in [3.63, 3.8) is 0 Å². The first kappa shape index (κ1) is 19.9. The molecule has 3 nitrogen and oxygen atoms in total. The number of hydrogen-bond donors (Lipinski definition) is 1. The van der Waals surface area contributed by atoms with E-state index in [0.29, 0.717) is 5.92 Å². The van der Waals surface area contributed by atoms with E-state index < -0.39 is 10.0 Å². The second-order valence-corrected chi connectivity index (χ2v) is 7.92. The van der Waals surface area contributed by atoms with Crippen LogP contribution in [0.15, 0.2) is 0 Å². The van der Waals surface area contributed by atoms with E-state index in [1.54, 1.807) is 0 Å². The molecule has 0 amide bonds. The maximum Gasteiger partial charge on any atom is 0.211 e. The Kier molecular flexibility index (Phi) is 12.6. The molecule has 0 aliphatic rings. The minimum Gasteiger partial charge on any atom is -0.218 e. The van der Waals surface area contributed by atoms with Crippen molar-refractivity contribution >= 4 is 10.0 Å². The third-order valence-corrected chi connectivity index (χ3v) is 5.43.